The fourth-order valence-corrected chi connectivity index (χ4v) is 1.49. The van der Waals surface area contributed by atoms with Gasteiger partial charge >= 0.3 is 5.97 Å². The Labute approximate surface area is 120 Å². The number of esters is 1. The summed E-state index contributed by atoms with van der Waals surface area (Å²) in [5.74, 6) is -0.331. The number of carbonyl (C=O) groups excluding carboxylic acids is 1. The molecule has 0 saturated heterocycles. The summed E-state index contributed by atoms with van der Waals surface area (Å²) in [4.78, 5) is 16.0. The summed E-state index contributed by atoms with van der Waals surface area (Å²) >= 11 is 0. The van der Waals surface area contributed by atoms with Gasteiger partial charge in [0.05, 0.1) is 12.2 Å². The van der Waals surface area contributed by atoms with Crippen LogP contribution < -0.4 is 0 Å². The number of benzene rings is 1. The average molecular weight is 271 g/mol. The average Bonchev–Trinajstić information content (AvgIpc) is 2.47. The molecule has 0 aliphatic rings. The summed E-state index contributed by atoms with van der Waals surface area (Å²) in [6.07, 6.45) is 7.97. The van der Waals surface area contributed by atoms with Crippen LogP contribution in [0.2, 0.25) is 0 Å². The zero-order chi connectivity index (χ0) is 14.6. The molecule has 0 aromatic heterocycles. The van der Waals surface area contributed by atoms with Crippen LogP contribution in [0.5, 0.6) is 0 Å². The maximum absolute atomic E-state index is 11.8. The molecule has 1 rings (SSSR count). The van der Waals surface area contributed by atoms with Gasteiger partial charge in [-0.2, -0.15) is 0 Å². The van der Waals surface area contributed by atoms with Gasteiger partial charge in [0.25, 0.3) is 0 Å². The molecule has 20 heavy (non-hydrogen) atoms. The third-order valence-electron chi connectivity index (χ3n) is 2.48. The molecular weight excluding hydrogens is 250 g/mol. The monoisotopic (exact) mass is 271 g/mol. The van der Waals surface area contributed by atoms with E-state index in [-0.39, 0.29) is 5.97 Å². The van der Waals surface area contributed by atoms with Crippen molar-refractivity contribution in [2.45, 2.75) is 20.3 Å². The molecule has 0 amide bonds. The zero-order valence-corrected chi connectivity index (χ0v) is 12.1. The lowest BCUT2D eigenvalue weighted by Gasteiger charge is -2.01. The van der Waals surface area contributed by atoms with Crippen molar-refractivity contribution in [1.82, 2.24) is 0 Å². The van der Waals surface area contributed by atoms with Gasteiger partial charge in [-0.05, 0) is 31.1 Å². The van der Waals surface area contributed by atoms with E-state index < -0.39 is 0 Å². The Hall–Kier alpha value is -2.16. The van der Waals surface area contributed by atoms with E-state index >= 15 is 0 Å². The molecule has 0 radical (unpaired) electrons. The minimum Gasteiger partial charge on any atom is -0.462 e. The molecule has 3 heteroatoms. The quantitative estimate of drug-likeness (QED) is 0.328. The predicted molar refractivity (Wildman–Crippen MR) is 83.8 cm³/mol. The lowest BCUT2D eigenvalue weighted by atomic mass is 10.1. The Morgan fingerprint density at radius 3 is 2.65 bits per heavy atom. The molecule has 0 aliphatic heterocycles. The van der Waals surface area contributed by atoms with Crippen molar-refractivity contribution >= 4 is 18.3 Å². The molecule has 3 nitrogen and oxygen atoms in total. The third-order valence-corrected chi connectivity index (χ3v) is 2.48. The first kappa shape index (κ1) is 15.9. The molecule has 0 atom stereocenters. The summed E-state index contributed by atoms with van der Waals surface area (Å²) in [6.45, 7) is 4.97. The van der Waals surface area contributed by atoms with Crippen LogP contribution in [0.1, 0.15) is 25.8 Å². The standard InChI is InChI=1S/C17H21NO2/c1-3-13-18-14-12-16(17(19)20-4-2)11-10-15-8-6-5-7-9-15/h5-12,14H,3-4,13H2,1-2H3/b11-10+,16-12+,18-14?. The van der Waals surface area contributed by atoms with Gasteiger partial charge in [-0.15, -0.1) is 0 Å². The summed E-state index contributed by atoms with van der Waals surface area (Å²) in [6, 6.07) is 9.82. The number of hydrogen-bond donors (Lipinski definition) is 0. The van der Waals surface area contributed by atoms with E-state index in [9.17, 15) is 4.79 Å². The van der Waals surface area contributed by atoms with Gasteiger partial charge in [0.2, 0.25) is 0 Å². The molecule has 0 saturated carbocycles. The molecule has 0 N–H and O–H groups in total. The van der Waals surface area contributed by atoms with Crippen molar-refractivity contribution in [2.75, 3.05) is 13.2 Å². The molecule has 0 aliphatic carbocycles. The van der Waals surface area contributed by atoms with Crippen molar-refractivity contribution < 1.29 is 9.53 Å². The maximum atomic E-state index is 11.8. The van der Waals surface area contributed by atoms with E-state index in [1.807, 2.05) is 36.4 Å². The van der Waals surface area contributed by atoms with Gasteiger partial charge in [-0.1, -0.05) is 43.3 Å². The molecule has 106 valence electrons. The van der Waals surface area contributed by atoms with E-state index in [0.717, 1.165) is 18.5 Å². The van der Waals surface area contributed by atoms with Gasteiger partial charge in [0.1, 0.15) is 0 Å². The van der Waals surface area contributed by atoms with Crippen molar-refractivity contribution in [1.29, 1.82) is 0 Å². The molecule has 0 unspecified atom stereocenters. The van der Waals surface area contributed by atoms with E-state index in [4.69, 9.17) is 4.74 Å². The van der Waals surface area contributed by atoms with Crippen LogP contribution in [0.4, 0.5) is 0 Å². The summed E-state index contributed by atoms with van der Waals surface area (Å²) in [7, 11) is 0. The SMILES string of the molecule is CCCN=C/C=C(\C=C\c1ccccc1)C(=O)OCC. The van der Waals surface area contributed by atoms with Gasteiger partial charge in [0, 0.05) is 12.8 Å². The number of aliphatic imine (C=N–C) groups is 1. The number of hydrogen-bond acceptors (Lipinski definition) is 3. The minimum atomic E-state index is -0.331. The highest BCUT2D eigenvalue weighted by atomic mass is 16.5. The van der Waals surface area contributed by atoms with Crippen LogP contribution in [-0.2, 0) is 9.53 Å². The van der Waals surface area contributed by atoms with E-state index in [1.54, 1.807) is 25.3 Å². The molecule has 1 aromatic carbocycles. The summed E-state index contributed by atoms with van der Waals surface area (Å²) < 4.78 is 5.03. The fourth-order valence-electron chi connectivity index (χ4n) is 1.49. The molecule has 1 aromatic rings. The first-order valence-corrected chi connectivity index (χ1v) is 6.88. The smallest absolute Gasteiger partial charge is 0.338 e. The number of carbonyl (C=O) groups is 1. The highest BCUT2D eigenvalue weighted by Crippen LogP contribution is 2.06. The van der Waals surface area contributed by atoms with E-state index in [0.29, 0.717) is 12.2 Å². The summed E-state index contributed by atoms with van der Waals surface area (Å²) in [5, 5.41) is 0. The van der Waals surface area contributed by atoms with E-state index in [2.05, 4.69) is 11.9 Å². The third kappa shape index (κ3) is 6.14. The number of nitrogens with zero attached hydrogens (tertiary/aromatic N) is 1. The predicted octanol–water partition coefficient (Wildman–Crippen LogP) is 3.67. The van der Waals surface area contributed by atoms with Crippen molar-refractivity contribution in [2.24, 2.45) is 4.99 Å². The maximum Gasteiger partial charge on any atom is 0.338 e. The van der Waals surface area contributed by atoms with Crippen molar-refractivity contribution in [3.63, 3.8) is 0 Å². The number of rotatable bonds is 7. The number of allylic oxidation sites excluding steroid dienone is 1. The second-order valence-corrected chi connectivity index (χ2v) is 4.14. The normalized spacial score (nSPS) is 12.2. The topological polar surface area (TPSA) is 38.7 Å². The molecule has 0 bridgehead atoms. The fraction of sp³-hybridized carbons (Fsp3) is 0.294. The van der Waals surface area contributed by atoms with Crippen LogP contribution >= 0.6 is 0 Å². The van der Waals surface area contributed by atoms with Gasteiger partial charge in [-0.3, -0.25) is 4.99 Å². The van der Waals surface area contributed by atoms with Gasteiger partial charge < -0.3 is 4.74 Å². The van der Waals surface area contributed by atoms with Crippen molar-refractivity contribution in [3.8, 4) is 0 Å². The Balaban J connectivity index is 2.82. The Morgan fingerprint density at radius 1 is 1.25 bits per heavy atom. The Kier molecular flexibility index (Phi) is 7.73. The molecule has 0 fully saturated rings. The molecule has 0 heterocycles. The van der Waals surface area contributed by atoms with E-state index in [1.165, 1.54) is 0 Å². The van der Waals surface area contributed by atoms with Crippen LogP contribution in [0.3, 0.4) is 0 Å². The first-order chi connectivity index (χ1) is 9.77. The lowest BCUT2D eigenvalue weighted by Crippen LogP contribution is -2.06. The highest BCUT2D eigenvalue weighted by molar-refractivity contribution is 5.97. The highest BCUT2D eigenvalue weighted by Gasteiger charge is 2.05. The lowest BCUT2D eigenvalue weighted by molar-refractivity contribution is -0.138. The van der Waals surface area contributed by atoms with Crippen molar-refractivity contribution in [3.05, 3.63) is 53.6 Å². The first-order valence-electron chi connectivity index (χ1n) is 6.88. The minimum absolute atomic E-state index is 0.331. The Morgan fingerprint density at radius 2 is 2.00 bits per heavy atom. The van der Waals surface area contributed by atoms with Crippen LogP contribution in [-0.4, -0.2) is 25.3 Å². The second-order valence-electron chi connectivity index (χ2n) is 4.14. The molecule has 0 spiro atoms. The Bertz CT molecular complexity index is 487. The van der Waals surface area contributed by atoms with Gasteiger partial charge in [0.15, 0.2) is 0 Å². The zero-order valence-electron chi connectivity index (χ0n) is 12.1. The number of ether oxygens (including phenoxy) is 1. The van der Waals surface area contributed by atoms with Crippen LogP contribution in [0.15, 0.2) is 53.0 Å². The summed E-state index contributed by atoms with van der Waals surface area (Å²) in [5.41, 5.74) is 1.53. The van der Waals surface area contributed by atoms with Gasteiger partial charge in [-0.25, -0.2) is 4.79 Å². The largest absolute Gasteiger partial charge is 0.462 e. The van der Waals surface area contributed by atoms with Crippen LogP contribution in [0, 0.1) is 0 Å². The van der Waals surface area contributed by atoms with Crippen LogP contribution in [0.25, 0.3) is 6.08 Å². The second kappa shape index (κ2) is 9.73. The molecular formula is C17H21NO2.